The van der Waals surface area contributed by atoms with Gasteiger partial charge in [0.05, 0.1) is 12.6 Å². The van der Waals surface area contributed by atoms with Gasteiger partial charge in [-0.25, -0.2) is 4.79 Å². The fourth-order valence-corrected chi connectivity index (χ4v) is 2.39. The maximum atomic E-state index is 12.1. The van der Waals surface area contributed by atoms with Crippen molar-refractivity contribution < 1.29 is 14.3 Å². The van der Waals surface area contributed by atoms with Crippen molar-refractivity contribution in [3.8, 4) is 0 Å². The van der Waals surface area contributed by atoms with Gasteiger partial charge in [-0.15, -0.1) is 0 Å². The van der Waals surface area contributed by atoms with Gasteiger partial charge in [0.1, 0.15) is 5.60 Å². The molecule has 1 rings (SSSR count). The largest absolute Gasteiger partial charge is 0.444 e. The highest BCUT2D eigenvalue weighted by atomic mass is 16.6. The van der Waals surface area contributed by atoms with Crippen LogP contribution in [-0.4, -0.2) is 42.9 Å². The van der Waals surface area contributed by atoms with Crippen molar-refractivity contribution >= 4 is 6.09 Å². The monoisotopic (exact) mass is 257 g/mol. The summed E-state index contributed by atoms with van der Waals surface area (Å²) in [5.41, 5.74) is -0.450. The number of ether oxygens (including phenoxy) is 2. The normalized spacial score (nSPS) is 25.1. The maximum Gasteiger partial charge on any atom is 0.410 e. The van der Waals surface area contributed by atoms with Crippen LogP contribution in [0.25, 0.3) is 0 Å². The first kappa shape index (κ1) is 15.3. The SMILES string of the molecule is CC(C)C1CCOCC1N(C)C(=O)OC(C)(C)C. The van der Waals surface area contributed by atoms with E-state index < -0.39 is 5.60 Å². The molecule has 2 unspecified atom stereocenters. The molecule has 0 aromatic heterocycles. The van der Waals surface area contributed by atoms with Crippen LogP contribution in [0.2, 0.25) is 0 Å². The van der Waals surface area contributed by atoms with Crippen LogP contribution in [0.1, 0.15) is 41.0 Å². The Morgan fingerprint density at radius 1 is 1.39 bits per heavy atom. The molecule has 0 aromatic rings. The van der Waals surface area contributed by atoms with Gasteiger partial charge in [0.2, 0.25) is 0 Å². The number of carbonyl (C=O) groups is 1. The molecule has 0 saturated carbocycles. The second-order valence-corrected chi connectivity index (χ2v) is 6.43. The van der Waals surface area contributed by atoms with Crippen LogP contribution in [0, 0.1) is 11.8 Å². The van der Waals surface area contributed by atoms with E-state index in [-0.39, 0.29) is 12.1 Å². The average Bonchev–Trinajstić information content (AvgIpc) is 2.25. The van der Waals surface area contributed by atoms with Gasteiger partial charge in [0.15, 0.2) is 0 Å². The van der Waals surface area contributed by atoms with E-state index in [1.807, 2.05) is 27.8 Å². The first-order valence-corrected chi connectivity index (χ1v) is 6.76. The molecule has 1 heterocycles. The molecule has 0 N–H and O–H groups in total. The molecule has 1 aliphatic rings. The molecule has 0 spiro atoms. The fourth-order valence-electron chi connectivity index (χ4n) is 2.39. The quantitative estimate of drug-likeness (QED) is 0.763. The number of carbonyl (C=O) groups excluding carboxylic acids is 1. The molecule has 106 valence electrons. The summed E-state index contributed by atoms with van der Waals surface area (Å²) < 4.78 is 10.9. The third-order valence-electron chi connectivity index (χ3n) is 3.41. The summed E-state index contributed by atoms with van der Waals surface area (Å²) in [6, 6.07) is 0.119. The van der Waals surface area contributed by atoms with Crippen LogP contribution in [0.15, 0.2) is 0 Å². The highest BCUT2D eigenvalue weighted by molar-refractivity contribution is 5.68. The highest BCUT2D eigenvalue weighted by Gasteiger charge is 2.34. The van der Waals surface area contributed by atoms with Crippen molar-refractivity contribution in [2.45, 2.75) is 52.7 Å². The zero-order valence-electron chi connectivity index (χ0n) is 12.5. The van der Waals surface area contributed by atoms with E-state index in [4.69, 9.17) is 9.47 Å². The zero-order valence-corrected chi connectivity index (χ0v) is 12.5. The summed E-state index contributed by atoms with van der Waals surface area (Å²) in [5.74, 6) is 1.03. The Bertz CT molecular complexity index is 283. The minimum Gasteiger partial charge on any atom is -0.444 e. The number of nitrogens with zero attached hydrogens (tertiary/aromatic N) is 1. The lowest BCUT2D eigenvalue weighted by atomic mass is 9.84. The summed E-state index contributed by atoms with van der Waals surface area (Å²) in [6.45, 7) is 11.5. The Morgan fingerprint density at radius 2 is 2.00 bits per heavy atom. The number of likely N-dealkylation sites (N-methyl/N-ethyl adjacent to an activating group) is 1. The summed E-state index contributed by atoms with van der Waals surface area (Å²) in [4.78, 5) is 13.8. The predicted octanol–water partition coefficient (Wildman–Crippen LogP) is 2.91. The van der Waals surface area contributed by atoms with Crippen LogP contribution < -0.4 is 0 Å². The van der Waals surface area contributed by atoms with Crippen LogP contribution >= 0.6 is 0 Å². The fraction of sp³-hybridized carbons (Fsp3) is 0.929. The lowest BCUT2D eigenvalue weighted by Gasteiger charge is -2.40. The minimum atomic E-state index is -0.450. The molecule has 0 bridgehead atoms. The summed E-state index contributed by atoms with van der Waals surface area (Å²) >= 11 is 0. The van der Waals surface area contributed by atoms with Crippen molar-refractivity contribution in [3.63, 3.8) is 0 Å². The molecule has 1 aliphatic heterocycles. The Hall–Kier alpha value is -0.770. The number of rotatable bonds is 2. The molecule has 0 aliphatic carbocycles. The van der Waals surface area contributed by atoms with Crippen molar-refractivity contribution in [2.75, 3.05) is 20.3 Å². The van der Waals surface area contributed by atoms with Crippen molar-refractivity contribution in [2.24, 2.45) is 11.8 Å². The van der Waals surface area contributed by atoms with E-state index >= 15 is 0 Å². The van der Waals surface area contributed by atoms with Gasteiger partial charge in [-0.3, -0.25) is 0 Å². The molecule has 0 radical (unpaired) electrons. The van der Waals surface area contributed by atoms with Gasteiger partial charge in [-0.2, -0.15) is 0 Å². The van der Waals surface area contributed by atoms with E-state index in [0.29, 0.717) is 18.4 Å². The first-order valence-electron chi connectivity index (χ1n) is 6.76. The van der Waals surface area contributed by atoms with Gasteiger partial charge in [0.25, 0.3) is 0 Å². The average molecular weight is 257 g/mol. The molecule has 1 fully saturated rings. The molecular formula is C14H27NO3. The molecule has 1 saturated heterocycles. The van der Waals surface area contributed by atoms with Crippen molar-refractivity contribution in [1.82, 2.24) is 4.90 Å². The van der Waals surface area contributed by atoms with Crippen LogP contribution in [0.4, 0.5) is 4.79 Å². The molecular weight excluding hydrogens is 230 g/mol. The van der Waals surface area contributed by atoms with Gasteiger partial charge >= 0.3 is 6.09 Å². The number of amides is 1. The van der Waals surface area contributed by atoms with Gasteiger partial charge < -0.3 is 14.4 Å². The zero-order chi connectivity index (χ0) is 13.9. The van der Waals surface area contributed by atoms with Crippen LogP contribution in [0.5, 0.6) is 0 Å². The molecule has 0 aromatic carbocycles. The van der Waals surface area contributed by atoms with E-state index in [9.17, 15) is 4.79 Å². The van der Waals surface area contributed by atoms with E-state index in [1.54, 1.807) is 4.90 Å². The molecule has 1 amide bonds. The molecule has 4 heteroatoms. The van der Waals surface area contributed by atoms with Gasteiger partial charge in [0, 0.05) is 13.7 Å². The van der Waals surface area contributed by atoms with Gasteiger partial charge in [-0.1, -0.05) is 13.8 Å². The van der Waals surface area contributed by atoms with E-state index in [1.165, 1.54) is 0 Å². The summed E-state index contributed by atoms with van der Waals surface area (Å²) in [7, 11) is 1.81. The van der Waals surface area contributed by atoms with E-state index in [0.717, 1.165) is 13.0 Å². The van der Waals surface area contributed by atoms with E-state index in [2.05, 4.69) is 13.8 Å². The topological polar surface area (TPSA) is 38.8 Å². The first-order chi connectivity index (χ1) is 8.22. The maximum absolute atomic E-state index is 12.1. The Morgan fingerprint density at radius 3 is 2.50 bits per heavy atom. The van der Waals surface area contributed by atoms with Crippen LogP contribution in [-0.2, 0) is 9.47 Å². The van der Waals surface area contributed by atoms with Crippen molar-refractivity contribution in [3.05, 3.63) is 0 Å². The Labute approximate surface area is 111 Å². The second-order valence-electron chi connectivity index (χ2n) is 6.43. The third kappa shape index (κ3) is 4.16. The molecule has 18 heavy (non-hydrogen) atoms. The standard InChI is InChI=1S/C14H27NO3/c1-10(2)11-7-8-17-9-12(11)15(6)13(16)18-14(3,4)5/h10-12H,7-9H2,1-6H3. The minimum absolute atomic E-state index is 0.119. The Balaban J connectivity index is 2.68. The predicted molar refractivity (Wildman–Crippen MR) is 71.5 cm³/mol. The third-order valence-corrected chi connectivity index (χ3v) is 3.41. The van der Waals surface area contributed by atoms with Crippen LogP contribution in [0.3, 0.4) is 0 Å². The summed E-state index contributed by atoms with van der Waals surface area (Å²) in [5, 5.41) is 0. The molecule has 4 nitrogen and oxygen atoms in total. The highest BCUT2D eigenvalue weighted by Crippen LogP contribution is 2.27. The Kier molecular flexibility index (Phi) is 5.02. The summed E-state index contributed by atoms with van der Waals surface area (Å²) in [6.07, 6.45) is 0.749. The lowest BCUT2D eigenvalue weighted by Crippen LogP contribution is -2.50. The smallest absolute Gasteiger partial charge is 0.410 e. The second kappa shape index (κ2) is 5.91. The van der Waals surface area contributed by atoms with Crippen molar-refractivity contribution in [1.29, 1.82) is 0 Å². The molecule has 2 atom stereocenters. The lowest BCUT2D eigenvalue weighted by molar-refractivity contribution is -0.0368. The number of hydrogen-bond donors (Lipinski definition) is 0. The van der Waals surface area contributed by atoms with Gasteiger partial charge in [-0.05, 0) is 39.0 Å². The number of hydrogen-bond acceptors (Lipinski definition) is 3.